The SMILES string of the molecule is COc1c(C(C)=O)cc(C(C)C)c(OC)c1Br. The normalized spacial score (nSPS) is 10.5. The number of carbonyl (C=O) groups is 1. The molecule has 0 aliphatic rings. The van der Waals surface area contributed by atoms with Crippen LogP contribution in [0.1, 0.15) is 42.6 Å². The lowest BCUT2D eigenvalue weighted by atomic mass is 9.97. The molecule has 94 valence electrons. The van der Waals surface area contributed by atoms with E-state index in [1.807, 2.05) is 6.07 Å². The Hall–Kier alpha value is -1.03. The van der Waals surface area contributed by atoms with Crippen molar-refractivity contribution in [3.63, 3.8) is 0 Å². The first kappa shape index (κ1) is 14.0. The second kappa shape index (κ2) is 5.54. The summed E-state index contributed by atoms with van der Waals surface area (Å²) in [7, 11) is 3.15. The summed E-state index contributed by atoms with van der Waals surface area (Å²) >= 11 is 3.44. The largest absolute Gasteiger partial charge is 0.495 e. The molecule has 0 atom stereocenters. The molecule has 0 heterocycles. The molecule has 0 saturated carbocycles. The van der Waals surface area contributed by atoms with Crippen molar-refractivity contribution in [3.05, 3.63) is 21.7 Å². The molecule has 0 radical (unpaired) electrons. The lowest BCUT2D eigenvalue weighted by Crippen LogP contribution is -2.04. The smallest absolute Gasteiger partial charge is 0.163 e. The van der Waals surface area contributed by atoms with Crippen LogP contribution >= 0.6 is 15.9 Å². The van der Waals surface area contributed by atoms with Gasteiger partial charge in [0.05, 0.1) is 19.8 Å². The third-order valence-electron chi connectivity index (χ3n) is 2.61. The topological polar surface area (TPSA) is 35.5 Å². The molecule has 0 bridgehead atoms. The Bertz CT molecular complexity index is 439. The number of carbonyl (C=O) groups excluding carboxylic acids is 1. The number of hydrogen-bond acceptors (Lipinski definition) is 3. The van der Waals surface area contributed by atoms with E-state index in [0.717, 1.165) is 11.3 Å². The highest BCUT2D eigenvalue weighted by Crippen LogP contribution is 2.42. The van der Waals surface area contributed by atoms with Crippen LogP contribution in [0.25, 0.3) is 0 Å². The first-order valence-electron chi connectivity index (χ1n) is 5.39. The van der Waals surface area contributed by atoms with Gasteiger partial charge in [-0.05, 0) is 40.4 Å². The quantitative estimate of drug-likeness (QED) is 0.794. The summed E-state index contributed by atoms with van der Waals surface area (Å²) in [6, 6.07) is 1.84. The zero-order valence-electron chi connectivity index (χ0n) is 10.8. The Morgan fingerprint density at radius 2 is 1.76 bits per heavy atom. The van der Waals surface area contributed by atoms with E-state index >= 15 is 0 Å². The summed E-state index contributed by atoms with van der Waals surface area (Å²) in [5.74, 6) is 1.50. The molecule has 0 unspecified atom stereocenters. The molecular formula is C13H17BrO3. The summed E-state index contributed by atoms with van der Waals surface area (Å²) in [5, 5.41) is 0. The van der Waals surface area contributed by atoms with Gasteiger partial charge in [-0.25, -0.2) is 0 Å². The maximum absolute atomic E-state index is 11.6. The first-order valence-corrected chi connectivity index (χ1v) is 6.18. The van der Waals surface area contributed by atoms with Crippen LogP contribution in [-0.2, 0) is 0 Å². The minimum absolute atomic E-state index is 0.0212. The average molecular weight is 301 g/mol. The fourth-order valence-corrected chi connectivity index (χ4v) is 2.50. The van der Waals surface area contributed by atoms with Crippen molar-refractivity contribution in [2.24, 2.45) is 0 Å². The summed E-state index contributed by atoms with van der Waals surface area (Å²) in [4.78, 5) is 11.6. The van der Waals surface area contributed by atoms with Crippen molar-refractivity contribution in [2.75, 3.05) is 14.2 Å². The highest BCUT2D eigenvalue weighted by atomic mass is 79.9. The number of methoxy groups -OCH3 is 2. The molecule has 1 aromatic carbocycles. The molecule has 4 heteroatoms. The van der Waals surface area contributed by atoms with Crippen LogP contribution in [0.2, 0.25) is 0 Å². The number of halogens is 1. The van der Waals surface area contributed by atoms with Crippen LogP contribution in [0.4, 0.5) is 0 Å². The van der Waals surface area contributed by atoms with Gasteiger partial charge in [-0.3, -0.25) is 4.79 Å². The van der Waals surface area contributed by atoms with Crippen LogP contribution in [0, 0.1) is 0 Å². The van der Waals surface area contributed by atoms with Crippen molar-refractivity contribution in [1.29, 1.82) is 0 Å². The summed E-state index contributed by atoms with van der Waals surface area (Å²) in [6.45, 7) is 5.64. The van der Waals surface area contributed by atoms with Gasteiger partial charge in [0.25, 0.3) is 0 Å². The van der Waals surface area contributed by atoms with E-state index in [-0.39, 0.29) is 11.7 Å². The zero-order valence-corrected chi connectivity index (χ0v) is 12.3. The van der Waals surface area contributed by atoms with Gasteiger partial charge < -0.3 is 9.47 Å². The van der Waals surface area contributed by atoms with Crippen LogP contribution in [0.15, 0.2) is 10.5 Å². The van der Waals surface area contributed by atoms with Crippen molar-refractivity contribution in [3.8, 4) is 11.5 Å². The van der Waals surface area contributed by atoms with Gasteiger partial charge in [0, 0.05) is 0 Å². The monoisotopic (exact) mass is 300 g/mol. The van der Waals surface area contributed by atoms with E-state index in [2.05, 4.69) is 29.8 Å². The van der Waals surface area contributed by atoms with Gasteiger partial charge in [0.2, 0.25) is 0 Å². The van der Waals surface area contributed by atoms with Crippen LogP contribution in [0.5, 0.6) is 11.5 Å². The third-order valence-corrected chi connectivity index (χ3v) is 3.34. The molecule has 0 amide bonds. The maximum Gasteiger partial charge on any atom is 0.163 e. The number of rotatable bonds is 4. The van der Waals surface area contributed by atoms with E-state index in [9.17, 15) is 4.79 Å². The lowest BCUT2D eigenvalue weighted by Gasteiger charge is -2.18. The lowest BCUT2D eigenvalue weighted by molar-refractivity contribution is 0.101. The molecule has 3 nitrogen and oxygen atoms in total. The highest BCUT2D eigenvalue weighted by Gasteiger charge is 2.21. The second-order valence-corrected chi connectivity index (χ2v) is 4.90. The van der Waals surface area contributed by atoms with E-state index < -0.39 is 0 Å². The van der Waals surface area contributed by atoms with Gasteiger partial charge in [0.15, 0.2) is 5.78 Å². The molecule has 0 fully saturated rings. The molecular weight excluding hydrogens is 284 g/mol. The fraction of sp³-hybridized carbons (Fsp3) is 0.462. The van der Waals surface area contributed by atoms with E-state index in [1.54, 1.807) is 14.2 Å². The van der Waals surface area contributed by atoms with Crippen molar-refractivity contribution >= 4 is 21.7 Å². The first-order chi connectivity index (χ1) is 7.93. The van der Waals surface area contributed by atoms with Crippen molar-refractivity contribution in [1.82, 2.24) is 0 Å². The Morgan fingerprint density at radius 1 is 1.24 bits per heavy atom. The van der Waals surface area contributed by atoms with Gasteiger partial charge >= 0.3 is 0 Å². The predicted molar refractivity (Wildman–Crippen MR) is 71.3 cm³/mol. The minimum Gasteiger partial charge on any atom is -0.495 e. The number of ether oxygens (including phenoxy) is 2. The molecule has 1 rings (SSSR count). The fourth-order valence-electron chi connectivity index (χ4n) is 1.73. The highest BCUT2D eigenvalue weighted by molar-refractivity contribution is 9.10. The van der Waals surface area contributed by atoms with Gasteiger partial charge in [-0.15, -0.1) is 0 Å². The second-order valence-electron chi connectivity index (χ2n) is 4.10. The maximum atomic E-state index is 11.6. The Kier molecular flexibility index (Phi) is 4.57. The predicted octanol–water partition coefficient (Wildman–Crippen LogP) is 3.79. The average Bonchev–Trinajstić information content (AvgIpc) is 2.27. The molecule has 1 aromatic rings. The van der Waals surface area contributed by atoms with Crippen LogP contribution < -0.4 is 9.47 Å². The van der Waals surface area contributed by atoms with E-state index in [1.165, 1.54) is 6.92 Å². The third kappa shape index (κ3) is 2.63. The minimum atomic E-state index is -0.0212. The van der Waals surface area contributed by atoms with Crippen LogP contribution in [-0.4, -0.2) is 20.0 Å². The zero-order chi connectivity index (χ0) is 13.2. The van der Waals surface area contributed by atoms with Crippen molar-refractivity contribution in [2.45, 2.75) is 26.7 Å². The van der Waals surface area contributed by atoms with Crippen LogP contribution in [0.3, 0.4) is 0 Å². The molecule has 17 heavy (non-hydrogen) atoms. The van der Waals surface area contributed by atoms with Gasteiger partial charge in [0.1, 0.15) is 16.0 Å². The Morgan fingerprint density at radius 3 is 2.12 bits per heavy atom. The standard InChI is InChI=1S/C13H17BrO3/c1-7(2)9-6-10(8(3)15)13(17-5)11(14)12(9)16-4/h6-7H,1-5H3. The van der Waals surface area contributed by atoms with E-state index in [4.69, 9.17) is 9.47 Å². The molecule has 0 saturated heterocycles. The van der Waals surface area contributed by atoms with Crippen molar-refractivity contribution < 1.29 is 14.3 Å². The Labute approximate surface area is 110 Å². The molecule has 0 aliphatic carbocycles. The van der Waals surface area contributed by atoms with Gasteiger partial charge in [-0.1, -0.05) is 13.8 Å². The molecule has 0 aliphatic heterocycles. The number of Topliss-reactive ketones (excluding diaryl/α,β-unsaturated/α-hetero) is 1. The summed E-state index contributed by atoms with van der Waals surface area (Å²) in [5.41, 5.74) is 1.56. The number of ketones is 1. The number of benzene rings is 1. The summed E-state index contributed by atoms with van der Waals surface area (Å²) < 4.78 is 11.3. The molecule has 0 aromatic heterocycles. The summed E-state index contributed by atoms with van der Waals surface area (Å²) in [6.07, 6.45) is 0. The molecule has 0 spiro atoms. The molecule has 0 N–H and O–H groups in total. The number of hydrogen-bond donors (Lipinski definition) is 0. The Balaban J connectivity index is 3.60. The van der Waals surface area contributed by atoms with E-state index in [0.29, 0.717) is 15.8 Å². The van der Waals surface area contributed by atoms with Gasteiger partial charge in [-0.2, -0.15) is 0 Å².